The van der Waals surface area contributed by atoms with Crippen LogP contribution in [0, 0.1) is 0 Å². The van der Waals surface area contributed by atoms with E-state index >= 15 is 0 Å². The van der Waals surface area contributed by atoms with E-state index in [1.165, 1.54) is 0 Å². The number of hydrogen-bond donors (Lipinski definition) is 1. The predicted molar refractivity (Wildman–Crippen MR) is 97.0 cm³/mol. The van der Waals surface area contributed by atoms with E-state index in [4.69, 9.17) is 9.52 Å². The van der Waals surface area contributed by atoms with Crippen molar-refractivity contribution in [3.8, 4) is 0 Å². The number of benzene rings is 2. The summed E-state index contributed by atoms with van der Waals surface area (Å²) >= 11 is 0. The minimum absolute atomic E-state index is 0.00598. The third-order valence-corrected chi connectivity index (χ3v) is 4.24. The van der Waals surface area contributed by atoms with E-state index < -0.39 is 5.63 Å². The number of hydrogen-bond acceptors (Lipinski definition) is 4. The van der Waals surface area contributed by atoms with E-state index in [-0.39, 0.29) is 23.4 Å². The molecule has 0 saturated carbocycles. The highest BCUT2D eigenvalue weighted by molar-refractivity contribution is 6.09. The van der Waals surface area contributed by atoms with E-state index in [1.807, 2.05) is 12.1 Å². The summed E-state index contributed by atoms with van der Waals surface area (Å²) in [5.41, 5.74) is 1.90. The molecule has 2 aromatic carbocycles. The number of aliphatic hydroxyl groups excluding tert-OH is 1. The summed E-state index contributed by atoms with van der Waals surface area (Å²) in [5, 5.41) is 9.81. The summed E-state index contributed by atoms with van der Waals surface area (Å²) in [6, 6.07) is 13.9. The number of rotatable bonds is 3. The van der Waals surface area contributed by atoms with Crippen LogP contribution in [-0.2, 0) is 12.0 Å². The van der Waals surface area contributed by atoms with E-state index in [1.54, 1.807) is 36.4 Å². The molecule has 3 rings (SSSR count). The fourth-order valence-corrected chi connectivity index (χ4v) is 2.69. The van der Waals surface area contributed by atoms with Crippen LogP contribution in [0.2, 0.25) is 0 Å². The van der Waals surface area contributed by atoms with Crippen molar-refractivity contribution in [3.05, 3.63) is 81.2 Å². The second-order valence-electron chi connectivity index (χ2n) is 7.13. The SMILES string of the molecule is CC(C)(C)c1ccc(C(=O)c2cc3ccc(CO)cc3oc2=O)cc1. The summed E-state index contributed by atoms with van der Waals surface area (Å²) in [5.74, 6) is -0.359. The van der Waals surface area contributed by atoms with E-state index in [0.717, 1.165) is 5.56 Å². The Hall–Kier alpha value is -2.72. The number of ketones is 1. The average molecular weight is 336 g/mol. The Morgan fingerprint density at radius 3 is 2.32 bits per heavy atom. The minimum atomic E-state index is -0.674. The van der Waals surface area contributed by atoms with Crippen LogP contribution in [-0.4, -0.2) is 10.9 Å². The van der Waals surface area contributed by atoms with Gasteiger partial charge < -0.3 is 9.52 Å². The molecule has 128 valence electrons. The van der Waals surface area contributed by atoms with Gasteiger partial charge in [-0.05, 0) is 28.7 Å². The quantitative estimate of drug-likeness (QED) is 0.583. The van der Waals surface area contributed by atoms with Crippen LogP contribution >= 0.6 is 0 Å². The summed E-state index contributed by atoms with van der Waals surface area (Å²) in [6.45, 7) is 6.16. The Morgan fingerprint density at radius 2 is 1.72 bits per heavy atom. The van der Waals surface area contributed by atoms with Gasteiger partial charge in [0, 0.05) is 10.9 Å². The van der Waals surface area contributed by atoms with Crippen LogP contribution in [0.5, 0.6) is 0 Å². The number of carbonyl (C=O) groups is 1. The van der Waals surface area contributed by atoms with Crippen molar-refractivity contribution >= 4 is 16.8 Å². The highest BCUT2D eigenvalue weighted by atomic mass is 16.4. The molecule has 0 aliphatic carbocycles. The fraction of sp³-hybridized carbons (Fsp3) is 0.238. The van der Waals surface area contributed by atoms with Crippen LogP contribution < -0.4 is 5.63 Å². The zero-order valence-electron chi connectivity index (χ0n) is 14.5. The third kappa shape index (κ3) is 3.39. The molecule has 0 amide bonds. The second kappa shape index (κ2) is 6.30. The molecule has 0 aliphatic rings. The van der Waals surface area contributed by atoms with Crippen molar-refractivity contribution in [2.45, 2.75) is 32.8 Å². The van der Waals surface area contributed by atoms with Gasteiger partial charge in [-0.2, -0.15) is 0 Å². The van der Waals surface area contributed by atoms with Crippen LogP contribution in [0.25, 0.3) is 11.0 Å². The first-order valence-corrected chi connectivity index (χ1v) is 8.12. The largest absolute Gasteiger partial charge is 0.422 e. The molecular formula is C21H20O4. The average Bonchev–Trinajstić information content (AvgIpc) is 2.59. The highest BCUT2D eigenvalue weighted by Gasteiger charge is 2.18. The Morgan fingerprint density at radius 1 is 1.04 bits per heavy atom. The van der Waals surface area contributed by atoms with Crippen LogP contribution in [0.1, 0.15) is 47.8 Å². The maximum absolute atomic E-state index is 12.7. The predicted octanol–water partition coefficient (Wildman–Crippen LogP) is 3.81. The van der Waals surface area contributed by atoms with Crippen LogP contribution in [0.3, 0.4) is 0 Å². The summed E-state index contributed by atoms with van der Waals surface area (Å²) < 4.78 is 5.27. The van der Waals surface area contributed by atoms with Gasteiger partial charge in [0.15, 0.2) is 5.78 Å². The van der Waals surface area contributed by atoms with Crippen molar-refractivity contribution in [2.24, 2.45) is 0 Å². The third-order valence-electron chi connectivity index (χ3n) is 4.24. The summed E-state index contributed by atoms with van der Waals surface area (Å²) in [4.78, 5) is 24.9. The first-order chi connectivity index (χ1) is 11.8. The van der Waals surface area contributed by atoms with Gasteiger partial charge in [-0.1, -0.05) is 57.2 Å². The molecule has 1 N–H and O–H groups in total. The number of aliphatic hydroxyl groups is 1. The molecule has 3 aromatic rings. The van der Waals surface area contributed by atoms with Gasteiger partial charge in [0.2, 0.25) is 0 Å². The Balaban J connectivity index is 2.02. The van der Waals surface area contributed by atoms with Gasteiger partial charge in [-0.25, -0.2) is 4.79 Å². The lowest BCUT2D eigenvalue weighted by Gasteiger charge is -2.18. The number of fused-ring (bicyclic) bond motifs is 1. The van der Waals surface area contributed by atoms with Crippen molar-refractivity contribution < 1.29 is 14.3 Å². The van der Waals surface area contributed by atoms with Crippen LogP contribution in [0.15, 0.2) is 57.7 Å². The molecule has 0 aliphatic heterocycles. The lowest BCUT2D eigenvalue weighted by molar-refractivity contribution is 0.103. The molecule has 0 spiro atoms. The van der Waals surface area contributed by atoms with Crippen molar-refractivity contribution in [3.63, 3.8) is 0 Å². The molecule has 1 aromatic heterocycles. The molecule has 1 heterocycles. The Kier molecular flexibility index (Phi) is 4.31. The molecule has 0 radical (unpaired) electrons. The smallest absolute Gasteiger partial charge is 0.347 e. The second-order valence-corrected chi connectivity index (χ2v) is 7.13. The van der Waals surface area contributed by atoms with E-state index in [9.17, 15) is 9.59 Å². The number of carbonyl (C=O) groups excluding carboxylic acids is 1. The van der Waals surface area contributed by atoms with Gasteiger partial charge in [-0.15, -0.1) is 0 Å². The monoisotopic (exact) mass is 336 g/mol. The van der Waals surface area contributed by atoms with Gasteiger partial charge in [0.05, 0.1) is 6.61 Å². The molecule has 4 nitrogen and oxygen atoms in total. The lowest BCUT2D eigenvalue weighted by atomic mass is 9.86. The normalized spacial score (nSPS) is 11.7. The molecule has 0 saturated heterocycles. The Bertz CT molecular complexity index is 989. The van der Waals surface area contributed by atoms with Gasteiger partial charge in [0.25, 0.3) is 0 Å². The molecule has 0 fully saturated rings. The van der Waals surface area contributed by atoms with E-state index in [2.05, 4.69) is 20.8 Å². The Labute approximate surface area is 145 Å². The van der Waals surface area contributed by atoms with Gasteiger partial charge in [-0.3, -0.25) is 4.79 Å². The summed E-state index contributed by atoms with van der Waals surface area (Å²) in [7, 11) is 0. The van der Waals surface area contributed by atoms with Gasteiger partial charge in [0.1, 0.15) is 11.1 Å². The summed E-state index contributed by atoms with van der Waals surface area (Å²) in [6.07, 6.45) is 0. The highest BCUT2D eigenvalue weighted by Crippen LogP contribution is 2.23. The fourth-order valence-electron chi connectivity index (χ4n) is 2.69. The molecule has 0 unspecified atom stereocenters. The first kappa shape index (κ1) is 17.1. The molecule has 0 bridgehead atoms. The van der Waals surface area contributed by atoms with Crippen molar-refractivity contribution in [1.29, 1.82) is 0 Å². The maximum Gasteiger partial charge on any atom is 0.347 e. The standard InChI is InChI=1S/C21H20O4/c1-21(2,3)16-8-6-14(7-9-16)19(23)17-11-15-5-4-13(12-22)10-18(15)25-20(17)24/h4-11,22H,12H2,1-3H3. The van der Waals surface area contributed by atoms with Crippen molar-refractivity contribution in [2.75, 3.05) is 0 Å². The molecule has 25 heavy (non-hydrogen) atoms. The van der Waals surface area contributed by atoms with E-state index in [0.29, 0.717) is 22.1 Å². The van der Waals surface area contributed by atoms with Gasteiger partial charge >= 0.3 is 5.63 Å². The first-order valence-electron chi connectivity index (χ1n) is 8.12. The lowest BCUT2D eigenvalue weighted by Crippen LogP contribution is -2.15. The maximum atomic E-state index is 12.7. The van der Waals surface area contributed by atoms with Crippen LogP contribution in [0.4, 0.5) is 0 Å². The van der Waals surface area contributed by atoms with Crippen molar-refractivity contribution in [1.82, 2.24) is 0 Å². The zero-order valence-corrected chi connectivity index (χ0v) is 14.5. The zero-order chi connectivity index (χ0) is 18.2. The minimum Gasteiger partial charge on any atom is -0.422 e. The topological polar surface area (TPSA) is 67.5 Å². The molecule has 4 heteroatoms. The molecule has 0 atom stereocenters. The molecular weight excluding hydrogens is 316 g/mol.